The Morgan fingerprint density at radius 1 is 1.41 bits per heavy atom. The van der Waals surface area contributed by atoms with Crippen LogP contribution in [0.2, 0.25) is 0 Å². The van der Waals surface area contributed by atoms with Crippen LogP contribution in [0.3, 0.4) is 0 Å². The summed E-state index contributed by atoms with van der Waals surface area (Å²) in [4.78, 5) is 10.8. The first-order valence-electron chi connectivity index (χ1n) is 4.32. The molecule has 1 N–H and O–H groups in total. The quantitative estimate of drug-likeness (QED) is 0.865. The summed E-state index contributed by atoms with van der Waals surface area (Å²) in [6, 6.07) is 4.83. The summed E-state index contributed by atoms with van der Waals surface area (Å²) in [6.45, 7) is 2.81. The summed E-state index contributed by atoms with van der Waals surface area (Å²) in [7, 11) is 0. The number of allylic oxidation sites excluding steroid dienone is 1. The predicted molar refractivity (Wildman–Crippen MR) is 53.2 cm³/mol. The van der Waals surface area contributed by atoms with E-state index in [0.717, 1.165) is 12.1 Å². The van der Waals surface area contributed by atoms with Gasteiger partial charge in [-0.15, -0.1) is 0 Å². The van der Waals surface area contributed by atoms with E-state index in [0.29, 0.717) is 0 Å². The third-order valence-electron chi connectivity index (χ3n) is 2.06. The Hall–Kier alpha value is -2.29. The summed E-state index contributed by atoms with van der Waals surface area (Å²) in [5, 5.41) is 17.5. The van der Waals surface area contributed by atoms with E-state index in [1.165, 1.54) is 12.1 Å². The molecule has 3 nitrogen and oxygen atoms in total. The molecule has 0 aliphatic carbocycles. The number of carboxylic acid groups (broad SMARTS) is 1. The SMILES string of the molecule is C=C(c1c(C#N)cccc1C(=O)O)C(F)(F)F. The van der Waals surface area contributed by atoms with E-state index < -0.39 is 28.8 Å². The van der Waals surface area contributed by atoms with Crippen LogP contribution in [-0.2, 0) is 0 Å². The van der Waals surface area contributed by atoms with Gasteiger partial charge in [0.25, 0.3) is 0 Å². The van der Waals surface area contributed by atoms with Crippen LogP contribution in [0, 0.1) is 11.3 Å². The molecular weight excluding hydrogens is 235 g/mol. The van der Waals surface area contributed by atoms with Gasteiger partial charge in [0, 0.05) is 5.56 Å². The average Bonchev–Trinajstić information content (AvgIpc) is 2.25. The molecule has 0 spiro atoms. The van der Waals surface area contributed by atoms with Crippen molar-refractivity contribution >= 4 is 11.5 Å². The monoisotopic (exact) mass is 241 g/mol. The van der Waals surface area contributed by atoms with Crippen LogP contribution < -0.4 is 0 Å². The highest BCUT2D eigenvalue weighted by Crippen LogP contribution is 2.35. The normalized spacial score (nSPS) is 10.7. The van der Waals surface area contributed by atoms with Crippen LogP contribution in [0.1, 0.15) is 21.5 Å². The number of rotatable bonds is 2. The van der Waals surface area contributed by atoms with Crippen LogP contribution in [-0.4, -0.2) is 17.3 Å². The predicted octanol–water partition coefficient (Wildman–Crippen LogP) is 2.83. The number of carbonyl (C=O) groups is 1. The lowest BCUT2D eigenvalue weighted by atomic mass is 9.95. The molecule has 1 aromatic carbocycles. The molecule has 0 saturated heterocycles. The minimum absolute atomic E-state index is 0.368. The largest absolute Gasteiger partial charge is 0.478 e. The first kappa shape index (κ1) is 12.8. The topological polar surface area (TPSA) is 61.1 Å². The maximum atomic E-state index is 12.5. The summed E-state index contributed by atoms with van der Waals surface area (Å²) >= 11 is 0. The molecular formula is C11H6F3NO2. The molecule has 0 atom stereocenters. The fourth-order valence-electron chi connectivity index (χ4n) is 1.29. The van der Waals surface area contributed by atoms with Gasteiger partial charge in [0.2, 0.25) is 0 Å². The standard InChI is InChI=1S/C11H6F3NO2/c1-6(11(12,13)14)9-7(5-15)3-2-4-8(9)10(16)17/h2-4H,1H2,(H,16,17). The van der Waals surface area contributed by atoms with Gasteiger partial charge in [-0.1, -0.05) is 12.6 Å². The molecule has 0 saturated carbocycles. The van der Waals surface area contributed by atoms with Gasteiger partial charge in [-0.05, 0) is 12.1 Å². The van der Waals surface area contributed by atoms with Gasteiger partial charge in [0.1, 0.15) is 0 Å². The van der Waals surface area contributed by atoms with Crippen LogP contribution in [0.25, 0.3) is 5.57 Å². The van der Waals surface area contributed by atoms with E-state index in [4.69, 9.17) is 10.4 Å². The molecule has 1 aromatic rings. The number of benzene rings is 1. The minimum Gasteiger partial charge on any atom is -0.478 e. The van der Waals surface area contributed by atoms with Crippen molar-refractivity contribution in [3.05, 3.63) is 41.5 Å². The number of nitriles is 1. The zero-order valence-electron chi connectivity index (χ0n) is 8.38. The van der Waals surface area contributed by atoms with Crippen molar-refractivity contribution in [2.45, 2.75) is 6.18 Å². The number of aromatic carboxylic acids is 1. The van der Waals surface area contributed by atoms with Crippen molar-refractivity contribution in [2.75, 3.05) is 0 Å². The summed E-state index contributed by atoms with van der Waals surface area (Å²) in [6.07, 6.45) is -4.78. The molecule has 0 aliphatic heterocycles. The lowest BCUT2D eigenvalue weighted by Crippen LogP contribution is -2.14. The Morgan fingerprint density at radius 3 is 2.41 bits per heavy atom. The molecule has 0 unspecified atom stereocenters. The Labute approximate surface area is 94.4 Å². The summed E-state index contributed by atoms with van der Waals surface area (Å²) in [5.41, 5.74) is -2.99. The number of carboxylic acids is 1. The maximum absolute atomic E-state index is 12.5. The fraction of sp³-hybridized carbons (Fsp3) is 0.0909. The van der Waals surface area contributed by atoms with Crippen molar-refractivity contribution in [3.8, 4) is 6.07 Å². The molecule has 0 radical (unpaired) electrons. The van der Waals surface area contributed by atoms with Crippen molar-refractivity contribution in [2.24, 2.45) is 0 Å². The average molecular weight is 241 g/mol. The number of hydrogen-bond acceptors (Lipinski definition) is 2. The lowest BCUT2D eigenvalue weighted by Gasteiger charge is -2.13. The first-order chi connectivity index (χ1) is 7.79. The minimum atomic E-state index is -4.78. The zero-order valence-corrected chi connectivity index (χ0v) is 8.38. The highest BCUT2D eigenvalue weighted by molar-refractivity contribution is 5.95. The van der Waals surface area contributed by atoms with E-state index in [2.05, 4.69) is 6.58 Å². The van der Waals surface area contributed by atoms with E-state index >= 15 is 0 Å². The van der Waals surface area contributed by atoms with Gasteiger partial charge in [0.05, 0.1) is 22.8 Å². The Kier molecular flexibility index (Phi) is 3.23. The first-order valence-corrected chi connectivity index (χ1v) is 4.32. The van der Waals surface area contributed by atoms with Crippen LogP contribution >= 0.6 is 0 Å². The van der Waals surface area contributed by atoms with Crippen molar-refractivity contribution in [3.63, 3.8) is 0 Å². The Bertz CT molecular complexity index is 526. The van der Waals surface area contributed by atoms with Gasteiger partial charge in [-0.25, -0.2) is 4.79 Å². The Morgan fingerprint density at radius 2 is 2.00 bits per heavy atom. The fourth-order valence-corrected chi connectivity index (χ4v) is 1.29. The molecule has 88 valence electrons. The second kappa shape index (κ2) is 4.29. The van der Waals surface area contributed by atoms with Gasteiger partial charge in [0.15, 0.2) is 0 Å². The molecule has 17 heavy (non-hydrogen) atoms. The van der Waals surface area contributed by atoms with Crippen LogP contribution in [0.5, 0.6) is 0 Å². The van der Waals surface area contributed by atoms with Crippen molar-refractivity contribution < 1.29 is 23.1 Å². The van der Waals surface area contributed by atoms with Gasteiger partial charge < -0.3 is 5.11 Å². The number of halogens is 3. The van der Waals surface area contributed by atoms with E-state index in [1.807, 2.05) is 0 Å². The smallest absolute Gasteiger partial charge is 0.416 e. The summed E-state index contributed by atoms with van der Waals surface area (Å²) < 4.78 is 37.5. The summed E-state index contributed by atoms with van der Waals surface area (Å²) in [5.74, 6) is -1.54. The molecule has 6 heteroatoms. The lowest BCUT2D eigenvalue weighted by molar-refractivity contribution is -0.0687. The molecule has 0 amide bonds. The van der Waals surface area contributed by atoms with E-state index in [-0.39, 0.29) is 5.56 Å². The third-order valence-corrected chi connectivity index (χ3v) is 2.06. The molecule has 0 heterocycles. The highest BCUT2D eigenvalue weighted by atomic mass is 19.4. The number of hydrogen-bond donors (Lipinski definition) is 1. The molecule has 0 bridgehead atoms. The van der Waals surface area contributed by atoms with E-state index in [9.17, 15) is 18.0 Å². The van der Waals surface area contributed by atoms with Crippen LogP contribution in [0.4, 0.5) is 13.2 Å². The van der Waals surface area contributed by atoms with Gasteiger partial charge in [-0.2, -0.15) is 18.4 Å². The number of alkyl halides is 3. The number of nitrogens with zero attached hydrogens (tertiary/aromatic N) is 1. The van der Waals surface area contributed by atoms with Gasteiger partial charge in [-0.3, -0.25) is 0 Å². The zero-order chi connectivity index (χ0) is 13.2. The molecule has 1 rings (SSSR count). The van der Waals surface area contributed by atoms with Gasteiger partial charge >= 0.3 is 12.1 Å². The third kappa shape index (κ3) is 2.45. The highest BCUT2D eigenvalue weighted by Gasteiger charge is 2.36. The van der Waals surface area contributed by atoms with Crippen molar-refractivity contribution in [1.82, 2.24) is 0 Å². The second-order valence-electron chi connectivity index (χ2n) is 3.12. The molecule has 0 aromatic heterocycles. The molecule has 0 fully saturated rings. The Balaban J connectivity index is 3.55. The second-order valence-corrected chi connectivity index (χ2v) is 3.12. The van der Waals surface area contributed by atoms with Crippen LogP contribution in [0.15, 0.2) is 24.8 Å². The molecule has 0 aliphatic rings. The van der Waals surface area contributed by atoms with Crippen molar-refractivity contribution in [1.29, 1.82) is 5.26 Å². The maximum Gasteiger partial charge on any atom is 0.416 e. The van der Waals surface area contributed by atoms with E-state index in [1.54, 1.807) is 0 Å².